The quantitative estimate of drug-likeness (QED) is 0.483. The summed E-state index contributed by atoms with van der Waals surface area (Å²) < 4.78 is 0. The van der Waals surface area contributed by atoms with Crippen LogP contribution in [-0.4, -0.2) is 45.0 Å². The normalized spacial score (nSPS) is 13.0. The lowest BCUT2D eigenvalue weighted by atomic mass is 9.98. The number of fused-ring (bicyclic) bond motifs is 3. The van der Waals surface area contributed by atoms with Gasteiger partial charge in [-0.3, -0.25) is 14.7 Å². The van der Waals surface area contributed by atoms with Crippen LogP contribution in [0.5, 0.6) is 0 Å². The van der Waals surface area contributed by atoms with Gasteiger partial charge < -0.3 is 10.2 Å². The molecule has 4 aromatic rings. The summed E-state index contributed by atoms with van der Waals surface area (Å²) in [5.74, 6) is -0.0723. The Hall–Kier alpha value is -4.00. The second kappa shape index (κ2) is 9.24. The lowest BCUT2D eigenvalue weighted by Crippen LogP contribution is -2.37. The fourth-order valence-corrected chi connectivity index (χ4v) is 4.34. The number of pyridine rings is 1. The Morgan fingerprint density at radius 1 is 1.03 bits per heavy atom. The number of carbonyl (C=O) groups excluding carboxylic acids is 2. The molecule has 7 nitrogen and oxygen atoms in total. The zero-order valence-corrected chi connectivity index (χ0v) is 18.3. The van der Waals surface area contributed by atoms with Crippen LogP contribution >= 0.6 is 0 Å². The number of nitrogens with one attached hydrogen (secondary N) is 2. The van der Waals surface area contributed by atoms with Crippen LogP contribution in [0.25, 0.3) is 11.0 Å². The number of aromatic amines is 1. The van der Waals surface area contributed by atoms with E-state index < -0.39 is 0 Å². The first-order valence-corrected chi connectivity index (χ1v) is 11.2. The third-order valence-electron chi connectivity index (χ3n) is 6.11. The monoisotopic (exact) mass is 439 g/mol. The molecule has 3 heterocycles. The van der Waals surface area contributed by atoms with E-state index in [0.29, 0.717) is 25.2 Å². The minimum absolute atomic E-state index is 0.0505. The number of hydrogen-bond donors (Lipinski definition) is 2. The summed E-state index contributed by atoms with van der Waals surface area (Å²) in [7, 11) is 0. The number of H-pyrrole nitrogens is 1. The van der Waals surface area contributed by atoms with Crippen molar-refractivity contribution in [2.24, 2.45) is 0 Å². The number of benzene rings is 2. The molecular weight excluding hydrogens is 414 g/mol. The molecule has 2 N–H and O–H groups in total. The minimum atomic E-state index is -0.123. The summed E-state index contributed by atoms with van der Waals surface area (Å²) in [5, 5.41) is 11.0. The van der Waals surface area contributed by atoms with E-state index in [1.165, 1.54) is 11.1 Å². The summed E-state index contributed by atoms with van der Waals surface area (Å²) in [6.07, 6.45) is 5.46. The van der Waals surface area contributed by atoms with E-state index in [2.05, 4.69) is 20.5 Å². The van der Waals surface area contributed by atoms with Gasteiger partial charge in [0.25, 0.3) is 5.91 Å². The molecule has 0 saturated heterocycles. The number of nitrogens with zero attached hydrogens (tertiary/aromatic N) is 3. The molecule has 1 aliphatic heterocycles. The molecule has 0 spiro atoms. The highest BCUT2D eigenvalue weighted by molar-refractivity contribution is 5.94. The highest BCUT2D eigenvalue weighted by atomic mass is 16.2. The Balaban J connectivity index is 1.19. The first-order chi connectivity index (χ1) is 16.2. The van der Waals surface area contributed by atoms with Crippen molar-refractivity contribution in [2.75, 3.05) is 13.1 Å². The van der Waals surface area contributed by atoms with Crippen LogP contribution in [-0.2, 0) is 30.6 Å². The van der Waals surface area contributed by atoms with Gasteiger partial charge in [-0.05, 0) is 47.2 Å². The Bertz CT molecular complexity index is 1300. The molecule has 7 heteroatoms. The van der Waals surface area contributed by atoms with Crippen LogP contribution in [0.15, 0.2) is 67.0 Å². The van der Waals surface area contributed by atoms with Gasteiger partial charge in [0.2, 0.25) is 5.91 Å². The van der Waals surface area contributed by atoms with Crippen molar-refractivity contribution in [2.45, 2.75) is 25.8 Å². The van der Waals surface area contributed by atoms with Gasteiger partial charge in [0.05, 0.1) is 12.6 Å². The van der Waals surface area contributed by atoms with Crippen molar-refractivity contribution in [3.63, 3.8) is 0 Å². The Kier molecular flexibility index (Phi) is 5.85. The van der Waals surface area contributed by atoms with E-state index in [0.717, 1.165) is 35.0 Å². The van der Waals surface area contributed by atoms with Crippen molar-refractivity contribution >= 4 is 22.8 Å². The van der Waals surface area contributed by atoms with Crippen molar-refractivity contribution in [1.82, 2.24) is 25.4 Å². The van der Waals surface area contributed by atoms with Crippen LogP contribution in [0.4, 0.5) is 0 Å². The molecule has 0 fully saturated rings. The maximum absolute atomic E-state index is 13.0. The Morgan fingerprint density at radius 3 is 2.76 bits per heavy atom. The van der Waals surface area contributed by atoms with Crippen LogP contribution in [0.2, 0.25) is 0 Å². The van der Waals surface area contributed by atoms with Crippen molar-refractivity contribution in [3.05, 3.63) is 94.8 Å². The summed E-state index contributed by atoms with van der Waals surface area (Å²) in [5.41, 5.74) is 5.66. The van der Waals surface area contributed by atoms with E-state index in [1.807, 2.05) is 59.6 Å². The number of rotatable bonds is 6. The van der Waals surface area contributed by atoms with Gasteiger partial charge >= 0.3 is 0 Å². The van der Waals surface area contributed by atoms with Gasteiger partial charge in [-0.15, -0.1) is 0 Å². The third kappa shape index (κ3) is 4.62. The van der Waals surface area contributed by atoms with Gasteiger partial charge in [-0.2, -0.15) is 5.10 Å². The number of carbonyl (C=O) groups is 2. The molecular formula is C26H25N5O2. The molecule has 0 saturated carbocycles. The first kappa shape index (κ1) is 20.9. The molecule has 1 aliphatic rings. The SMILES string of the molecule is O=C(NCCc1ccccc1)c1cccc(CC(=O)N2CCc3c(cnc4[nH]ncc34)C2)c1. The summed E-state index contributed by atoms with van der Waals surface area (Å²) in [6, 6.07) is 17.4. The van der Waals surface area contributed by atoms with E-state index >= 15 is 0 Å². The van der Waals surface area contributed by atoms with Gasteiger partial charge in [0.1, 0.15) is 0 Å². The van der Waals surface area contributed by atoms with Crippen LogP contribution in [0, 0.1) is 0 Å². The lowest BCUT2D eigenvalue weighted by Gasteiger charge is -2.29. The summed E-state index contributed by atoms with van der Waals surface area (Å²) >= 11 is 0. The largest absolute Gasteiger partial charge is 0.352 e. The molecule has 0 bridgehead atoms. The highest BCUT2D eigenvalue weighted by Gasteiger charge is 2.23. The molecule has 0 atom stereocenters. The van der Waals surface area contributed by atoms with Crippen molar-refractivity contribution < 1.29 is 9.59 Å². The molecule has 0 unspecified atom stereocenters. The van der Waals surface area contributed by atoms with Crippen LogP contribution in [0.1, 0.15) is 32.6 Å². The van der Waals surface area contributed by atoms with E-state index in [9.17, 15) is 9.59 Å². The lowest BCUT2D eigenvalue weighted by molar-refractivity contribution is -0.131. The molecule has 0 aliphatic carbocycles. The maximum Gasteiger partial charge on any atom is 0.251 e. The summed E-state index contributed by atoms with van der Waals surface area (Å²) in [4.78, 5) is 31.8. The second-order valence-electron chi connectivity index (χ2n) is 8.33. The smallest absolute Gasteiger partial charge is 0.251 e. The molecule has 33 heavy (non-hydrogen) atoms. The predicted molar refractivity (Wildman–Crippen MR) is 126 cm³/mol. The van der Waals surface area contributed by atoms with Gasteiger partial charge in [0.15, 0.2) is 5.65 Å². The fourth-order valence-electron chi connectivity index (χ4n) is 4.34. The molecule has 5 rings (SSSR count). The third-order valence-corrected chi connectivity index (χ3v) is 6.11. The topological polar surface area (TPSA) is 91.0 Å². The van der Waals surface area contributed by atoms with E-state index in [1.54, 1.807) is 12.3 Å². The highest BCUT2D eigenvalue weighted by Crippen LogP contribution is 2.25. The molecule has 2 amide bonds. The predicted octanol–water partition coefficient (Wildman–Crippen LogP) is 3.06. The van der Waals surface area contributed by atoms with Gasteiger partial charge in [-0.1, -0.05) is 42.5 Å². The number of amides is 2. The fraction of sp³-hybridized carbons (Fsp3) is 0.231. The zero-order chi connectivity index (χ0) is 22.6. The molecule has 166 valence electrons. The second-order valence-corrected chi connectivity index (χ2v) is 8.33. The standard InChI is InChI=1S/C26H25N5O2/c32-24(31-12-10-22-21(17-31)15-28-25-23(22)16-29-30-25)14-19-7-4-8-20(13-19)26(33)27-11-9-18-5-2-1-3-6-18/h1-8,13,15-16H,9-12,14,17H2,(H,27,33)(H,28,29,30). The van der Waals surface area contributed by atoms with E-state index in [4.69, 9.17) is 0 Å². The zero-order valence-electron chi connectivity index (χ0n) is 18.3. The van der Waals surface area contributed by atoms with Gasteiger partial charge in [-0.25, -0.2) is 4.98 Å². The number of hydrogen-bond acceptors (Lipinski definition) is 4. The average molecular weight is 440 g/mol. The molecule has 2 aromatic heterocycles. The molecule has 0 radical (unpaired) electrons. The average Bonchev–Trinajstić information content (AvgIpc) is 3.34. The molecule has 2 aromatic carbocycles. The maximum atomic E-state index is 13.0. The van der Waals surface area contributed by atoms with Crippen LogP contribution < -0.4 is 5.32 Å². The van der Waals surface area contributed by atoms with E-state index in [-0.39, 0.29) is 18.2 Å². The Morgan fingerprint density at radius 2 is 1.88 bits per heavy atom. The minimum Gasteiger partial charge on any atom is -0.352 e. The van der Waals surface area contributed by atoms with Crippen molar-refractivity contribution in [1.29, 1.82) is 0 Å². The van der Waals surface area contributed by atoms with Crippen molar-refractivity contribution in [3.8, 4) is 0 Å². The number of aromatic nitrogens is 3. The van der Waals surface area contributed by atoms with Crippen LogP contribution in [0.3, 0.4) is 0 Å². The Labute approximate surface area is 191 Å². The van der Waals surface area contributed by atoms with Gasteiger partial charge in [0, 0.05) is 36.8 Å². The first-order valence-electron chi connectivity index (χ1n) is 11.2. The summed E-state index contributed by atoms with van der Waals surface area (Å²) in [6.45, 7) is 1.77.